The number of amides is 3. The van der Waals surface area contributed by atoms with Crippen molar-refractivity contribution in [3.05, 3.63) is 124 Å². The fraction of sp³-hybridized carbons (Fsp3) is 0.297. The second-order valence-corrected chi connectivity index (χ2v) is 12.3. The highest BCUT2D eigenvalue weighted by atomic mass is 19.4. The van der Waals surface area contributed by atoms with Gasteiger partial charge in [-0.1, -0.05) is 73.5 Å². The van der Waals surface area contributed by atoms with E-state index >= 15 is 0 Å². The van der Waals surface area contributed by atoms with Gasteiger partial charge >= 0.3 is 18.4 Å². The predicted octanol–water partition coefficient (Wildman–Crippen LogP) is 8.60. The van der Waals surface area contributed by atoms with Crippen LogP contribution in [0, 0.1) is 6.92 Å². The second-order valence-electron chi connectivity index (χ2n) is 12.3. The zero-order chi connectivity index (χ0) is 36.5. The molecule has 1 aliphatic heterocycles. The molecule has 0 aromatic heterocycles. The maximum atomic E-state index is 13.6. The molecule has 0 radical (unpaired) electrons. The Morgan fingerprint density at radius 1 is 0.820 bits per heavy atom. The van der Waals surface area contributed by atoms with Crippen LogP contribution in [0.4, 0.5) is 31.1 Å². The Kier molecular flexibility index (Phi) is 9.93. The largest absolute Gasteiger partial charge is 0.489 e. The number of urea groups is 1. The second kappa shape index (κ2) is 13.7. The normalized spacial score (nSPS) is 16.8. The van der Waals surface area contributed by atoms with E-state index < -0.39 is 41.0 Å². The molecule has 0 aliphatic carbocycles. The number of ether oxygens (including phenoxy) is 2. The lowest BCUT2D eigenvalue weighted by Gasteiger charge is -2.33. The molecule has 4 aromatic rings. The molecule has 13 heteroatoms. The van der Waals surface area contributed by atoms with Crippen LogP contribution in [0.25, 0.3) is 0 Å². The summed E-state index contributed by atoms with van der Waals surface area (Å²) in [5, 5.41) is 12.6. The summed E-state index contributed by atoms with van der Waals surface area (Å²) in [5.41, 5.74) is -4.68. The minimum atomic E-state index is -6.03. The van der Waals surface area contributed by atoms with Crippen LogP contribution in [0.2, 0.25) is 0 Å². The number of nitrogens with one attached hydrogen (secondary N) is 1. The van der Waals surface area contributed by atoms with Crippen molar-refractivity contribution in [3.8, 4) is 17.2 Å². The highest BCUT2D eigenvalue weighted by Gasteiger charge is 2.71. The molecule has 2 N–H and O–H groups in total. The number of imide groups is 1. The van der Waals surface area contributed by atoms with Gasteiger partial charge in [-0.2, -0.15) is 26.3 Å². The number of rotatable bonds is 11. The lowest BCUT2D eigenvalue weighted by atomic mass is 9.90. The van der Waals surface area contributed by atoms with Gasteiger partial charge in [0.15, 0.2) is 0 Å². The number of nitrogens with zero attached hydrogens (tertiary/aromatic N) is 1. The molecule has 7 nitrogen and oxygen atoms in total. The van der Waals surface area contributed by atoms with Gasteiger partial charge in [0.2, 0.25) is 0 Å². The average molecular weight is 701 g/mol. The molecule has 1 aliphatic rings. The fourth-order valence-electron chi connectivity index (χ4n) is 5.65. The Balaban J connectivity index is 1.30. The van der Waals surface area contributed by atoms with Crippen LogP contribution >= 0.6 is 0 Å². The SMILES string of the molecule is CCCc1cc(C(O)(C(F)(F)F)C(F)(F)F)ccc1Oc1cccc(CN2C(=O)NC(C)(c3ccc(OCc4ccc(C)cc4)cc3)C2=O)c1. The summed E-state index contributed by atoms with van der Waals surface area (Å²) < 4.78 is 92.8. The summed E-state index contributed by atoms with van der Waals surface area (Å²) in [6.45, 7) is 5.46. The standard InChI is InChI=1S/C37H34F6N2O5/c1-4-6-26-20-28(35(48,36(38,39)40)37(41,42)43)15-18-31(26)50-30-8-5-7-25(19-30)21-45-32(46)34(3,44-33(45)47)27-13-16-29(17-14-27)49-22-24-11-9-23(2)10-12-24/h5,7-20,48H,4,6,21-22H2,1-3H3,(H,44,47). The summed E-state index contributed by atoms with van der Waals surface area (Å²) >= 11 is 0. The summed E-state index contributed by atoms with van der Waals surface area (Å²) in [4.78, 5) is 27.7. The topological polar surface area (TPSA) is 88.1 Å². The van der Waals surface area contributed by atoms with Gasteiger partial charge in [0.1, 0.15) is 29.4 Å². The van der Waals surface area contributed by atoms with Crippen molar-refractivity contribution in [2.45, 2.75) is 70.3 Å². The van der Waals surface area contributed by atoms with Gasteiger partial charge in [-0.15, -0.1) is 0 Å². The number of carbonyl (C=O) groups excluding carboxylic acids is 2. The van der Waals surface area contributed by atoms with E-state index in [9.17, 15) is 41.0 Å². The summed E-state index contributed by atoms with van der Waals surface area (Å²) in [6.07, 6.45) is -11.7. The highest BCUT2D eigenvalue weighted by Crippen LogP contribution is 2.50. The van der Waals surface area contributed by atoms with Gasteiger partial charge in [0, 0.05) is 5.56 Å². The van der Waals surface area contributed by atoms with Crippen molar-refractivity contribution >= 4 is 11.9 Å². The van der Waals surface area contributed by atoms with Gasteiger partial charge in [-0.25, -0.2) is 4.79 Å². The molecule has 50 heavy (non-hydrogen) atoms. The third kappa shape index (κ3) is 7.14. The van der Waals surface area contributed by atoms with Crippen molar-refractivity contribution < 1.29 is 50.5 Å². The molecule has 0 bridgehead atoms. The molecule has 1 atom stereocenters. The first-order valence-corrected chi connectivity index (χ1v) is 15.7. The Labute approximate surface area is 284 Å². The zero-order valence-corrected chi connectivity index (χ0v) is 27.3. The fourth-order valence-corrected chi connectivity index (χ4v) is 5.65. The summed E-state index contributed by atoms with van der Waals surface area (Å²) in [5.74, 6) is 0.208. The number of aryl methyl sites for hydroxylation is 2. The van der Waals surface area contributed by atoms with Crippen LogP contribution in [0.5, 0.6) is 17.2 Å². The third-order valence-electron chi connectivity index (χ3n) is 8.52. The van der Waals surface area contributed by atoms with E-state index in [0.29, 0.717) is 42.0 Å². The van der Waals surface area contributed by atoms with Crippen LogP contribution in [-0.2, 0) is 35.5 Å². The molecule has 4 aromatic carbocycles. The lowest BCUT2D eigenvalue weighted by molar-refractivity contribution is -0.376. The van der Waals surface area contributed by atoms with E-state index in [4.69, 9.17) is 9.47 Å². The van der Waals surface area contributed by atoms with Crippen LogP contribution in [-0.4, -0.2) is 34.3 Å². The number of alkyl halides is 6. The van der Waals surface area contributed by atoms with E-state index in [1.165, 1.54) is 12.1 Å². The van der Waals surface area contributed by atoms with Crippen molar-refractivity contribution in [3.63, 3.8) is 0 Å². The number of hydrogen-bond donors (Lipinski definition) is 2. The van der Waals surface area contributed by atoms with Crippen molar-refractivity contribution in [1.82, 2.24) is 10.2 Å². The van der Waals surface area contributed by atoms with Gasteiger partial charge in [0.05, 0.1) is 6.54 Å². The summed E-state index contributed by atoms with van der Waals surface area (Å²) in [6, 6.07) is 22.4. The van der Waals surface area contributed by atoms with Crippen molar-refractivity contribution in [1.29, 1.82) is 0 Å². The van der Waals surface area contributed by atoms with Crippen LogP contribution < -0.4 is 14.8 Å². The number of benzene rings is 4. The first-order valence-electron chi connectivity index (χ1n) is 15.7. The van der Waals surface area contributed by atoms with Crippen molar-refractivity contribution in [2.24, 2.45) is 0 Å². The molecule has 1 saturated heterocycles. The maximum absolute atomic E-state index is 13.6. The molecule has 0 saturated carbocycles. The quantitative estimate of drug-likeness (QED) is 0.121. The first kappa shape index (κ1) is 36.2. The van der Waals surface area contributed by atoms with Gasteiger partial charge in [-0.3, -0.25) is 9.69 Å². The van der Waals surface area contributed by atoms with Crippen LogP contribution in [0.3, 0.4) is 0 Å². The third-order valence-corrected chi connectivity index (χ3v) is 8.52. The van der Waals surface area contributed by atoms with E-state index in [2.05, 4.69) is 5.32 Å². The Morgan fingerprint density at radius 3 is 2.10 bits per heavy atom. The molecule has 264 valence electrons. The number of carbonyl (C=O) groups is 2. The minimum Gasteiger partial charge on any atom is -0.489 e. The molecule has 1 unspecified atom stereocenters. The van der Waals surface area contributed by atoms with E-state index in [-0.39, 0.29) is 30.0 Å². The number of halogens is 6. The minimum absolute atomic E-state index is 0.0127. The Bertz CT molecular complexity index is 1840. The van der Waals surface area contributed by atoms with Crippen molar-refractivity contribution in [2.75, 3.05) is 0 Å². The van der Waals surface area contributed by atoms with Gasteiger partial charge in [0.25, 0.3) is 11.5 Å². The Morgan fingerprint density at radius 2 is 1.48 bits per heavy atom. The zero-order valence-electron chi connectivity index (χ0n) is 27.3. The molecule has 5 rings (SSSR count). The molecular weight excluding hydrogens is 666 g/mol. The lowest BCUT2D eigenvalue weighted by Crippen LogP contribution is -2.53. The maximum Gasteiger partial charge on any atom is 0.430 e. The van der Waals surface area contributed by atoms with E-state index in [1.807, 2.05) is 31.2 Å². The highest BCUT2D eigenvalue weighted by molar-refractivity contribution is 6.07. The predicted molar refractivity (Wildman–Crippen MR) is 171 cm³/mol. The molecule has 0 spiro atoms. The van der Waals surface area contributed by atoms with Crippen LogP contribution in [0.15, 0.2) is 91.0 Å². The van der Waals surface area contributed by atoms with E-state index in [0.717, 1.165) is 22.1 Å². The average Bonchev–Trinajstić information content (AvgIpc) is 3.28. The molecule has 1 heterocycles. The molecule has 3 amide bonds. The number of hydrogen-bond acceptors (Lipinski definition) is 5. The Hall–Kier alpha value is -5.04. The molecule has 1 fully saturated rings. The van der Waals surface area contributed by atoms with Crippen LogP contribution in [0.1, 0.15) is 53.6 Å². The monoisotopic (exact) mass is 700 g/mol. The first-order chi connectivity index (χ1) is 23.5. The van der Waals surface area contributed by atoms with E-state index in [1.54, 1.807) is 50.2 Å². The smallest absolute Gasteiger partial charge is 0.430 e. The number of aliphatic hydroxyl groups is 1. The molecular formula is C37H34F6N2O5. The summed E-state index contributed by atoms with van der Waals surface area (Å²) in [7, 11) is 0. The van der Waals surface area contributed by atoms with Gasteiger partial charge in [-0.05, 0) is 78.9 Å². The van der Waals surface area contributed by atoms with Gasteiger partial charge < -0.3 is 19.9 Å².